The highest BCUT2D eigenvalue weighted by Crippen LogP contribution is 2.18. The highest BCUT2D eigenvalue weighted by molar-refractivity contribution is 5.35. The molecule has 2 heterocycles. The zero-order valence-electron chi connectivity index (χ0n) is 13.7. The van der Waals surface area contributed by atoms with Crippen molar-refractivity contribution in [2.45, 2.75) is 52.5 Å². The third-order valence-electron chi connectivity index (χ3n) is 3.91. The first-order valence-electron chi connectivity index (χ1n) is 8.11. The lowest BCUT2D eigenvalue weighted by Crippen LogP contribution is -2.35. The second-order valence-corrected chi connectivity index (χ2v) is 5.83. The second-order valence-electron chi connectivity index (χ2n) is 5.83. The van der Waals surface area contributed by atoms with Gasteiger partial charge >= 0.3 is 0 Å². The molecule has 2 rings (SSSR count). The van der Waals surface area contributed by atoms with Crippen molar-refractivity contribution in [1.29, 1.82) is 0 Å². The van der Waals surface area contributed by atoms with Gasteiger partial charge in [0.15, 0.2) is 0 Å². The van der Waals surface area contributed by atoms with E-state index in [4.69, 9.17) is 0 Å². The number of aromatic nitrogens is 3. The molecule has 0 spiro atoms. The van der Waals surface area contributed by atoms with Crippen molar-refractivity contribution in [3.05, 3.63) is 5.82 Å². The molecule has 1 aromatic rings. The number of anilines is 2. The maximum absolute atomic E-state index is 4.54. The zero-order chi connectivity index (χ0) is 15.2. The van der Waals surface area contributed by atoms with Crippen molar-refractivity contribution in [2.24, 2.45) is 0 Å². The summed E-state index contributed by atoms with van der Waals surface area (Å²) < 4.78 is 0. The smallest absolute Gasteiger partial charge is 0.227 e. The van der Waals surface area contributed by atoms with E-state index in [1.54, 1.807) is 0 Å². The summed E-state index contributed by atoms with van der Waals surface area (Å²) in [6, 6.07) is 0.594. The summed E-state index contributed by atoms with van der Waals surface area (Å²) in [7, 11) is 0. The Balaban J connectivity index is 2.04. The van der Waals surface area contributed by atoms with Crippen molar-refractivity contribution >= 4 is 11.9 Å². The van der Waals surface area contributed by atoms with Gasteiger partial charge in [-0.25, -0.2) is 0 Å². The normalized spacial score (nSPS) is 19.2. The number of likely N-dealkylation sites (N-methyl/N-ethyl adjacent to an activating group) is 1. The molecule has 118 valence electrons. The Morgan fingerprint density at radius 1 is 1.14 bits per heavy atom. The van der Waals surface area contributed by atoms with E-state index in [1.165, 1.54) is 19.4 Å². The number of hydrogen-bond donors (Lipinski definition) is 2. The summed E-state index contributed by atoms with van der Waals surface area (Å²) in [4.78, 5) is 16.0. The molecule has 0 aromatic carbocycles. The van der Waals surface area contributed by atoms with E-state index < -0.39 is 0 Å². The van der Waals surface area contributed by atoms with Gasteiger partial charge in [0.05, 0.1) is 0 Å². The van der Waals surface area contributed by atoms with Gasteiger partial charge in [-0.3, -0.25) is 4.90 Å². The number of nitrogens with one attached hydrogen (secondary N) is 2. The van der Waals surface area contributed by atoms with Crippen LogP contribution in [0.15, 0.2) is 0 Å². The lowest BCUT2D eigenvalue weighted by atomic mass is 10.2. The number of rotatable bonds is 7. The van der Waals surface area contributed by atoms with Crippen molar-refractivity contribution in [1.82, 2.24) is 19.9 Å². The van der Waals surface area contributed by atoms with Gasteiger partial charge in [0.2, 0.25) is 11.9 Å². The van der Waals surface area contributed by atoms with Crippen LogP contribution in [-0.2, 0) is 0 Å². The van der Waals surface area contributed by atoms with Crippen LogP contribution in [0.3, 0.4) is 0 Å². The van der Waals surface area contributed by atoms with Crippen LogP contribution in [0.5, 0.6) is 0 Å². The van der Waals surface area contributed by atoms with E-state index in [-0.39, 0.29) is 0 Å². The molecule has 21 heavy (non-hydrogen) atoms. The van der Waals surface area contributed by atoms with Gasteiger partial charge in [-0.15, -0.1) is 0 Å². The Labute approximate surface area is 127 Å². The molecule has 1 fully saturated rings. The molecule has 6 heteroatoms. The van der Waals surface area contributed by atoms with Gasteiger partial charge < -0.3 is 10.6 Å². The SMILES string of the molecule is CCNc1nc(NCC2CCCN2CC)nc(C(C)C)n1. The fourth-order valence-electron chi connectivity index (χ4n) is 2.72. The summed E-state index contributed by atoms with van der Waals surface area (Å²) in [6.07, 6.45) is 2.54. The van der Waals surface area contributed by atoms with Crippen LogP contribution < -0.4 is 10.6 Å². The van der Waals surface area contributed by atoms with Crippen LogP contribution in [0.25, 0.3) is 0 Å². The third kappa shape index (κ3) is 4.27. The van der Waals surface area contributed by atoms with E-state index in [2.05, 4.69) is 51.3 Å². The first kappa shape index (κ1) is 15.9. The van der Waals surface area contributed by atoms with Gasteiger partial charge in [-0.2, -0.15) is 15.0 Å². The van der Waals surface area contributed by atoms with Crippen LogP contribution in [0.2, 0.25) is 0 Å². The third-order valence-corrected chi connectivity index (χ3v) is 3.91. The molecule has 1 saturated heterocycles. The Bertz CT molecular complexity index is 448. The molecule has 0 aliphatic carbocycles. The van der Waals surface area contributed by atoms with Crippen molar-refractivity contribution < 1.29 is 0 Å². The average molecular weight is 292 g/mol. The zero-order valence-corrected chi connectivity index (χ0v) is 13.7. The summed E-state index contributed by atoms with van der Waals surface area (Å²) in [5, 5.41) is 6.58. The molecule has 1 atom stereocenters. The van der Waals surface area contributed by atoms with E-state index >= 15 is 0 Å². The minimum atomic E-state index is 0.296. The van der Waals surface area contributed by atoms with E-state index in [9.17, 15) is 0 Å². The van der Waals surface area contributed by atoms with Crippen molar-refractivity contribution in [3.8, 4) is 0 Å². The second kappa shape index (κ2) is 7.54. The standard InChI is InChI=1S/C15H28N6/c1-5-16-14-18-13(11(3)4)19-15(20-14)17-10-12-8-7-9-21(12)6-2/h11-12H,5-10H2,1-4H3,(H2,16,17,18,19,20). The largest absolute Gasteiger partial charge is 0.354 e. The molecule has 1 unspecified atom stereocenters. The highest BCUT2D eigenvalue weighted by Gasteiger charge is 2.22. The molecule has 1 aromatic heterocycles. The monoisotopic (exact) mass is 292 g/mol. The molecule has 2 N–H and O–H groups in total. The fourth-order valence-corrected chi connectivity index (χ4v) is 2.72. The predicted molar refractivity (Wildman–Crippen MR) is 86.8 cm³/mol. The van der Waals surface area contributed by atoms with E-state index in [0.717, 1.165) is 25.5 Å². The van der Waals surface area contributed by atoms with Gasteiger partial charge in [-0.1, -0.05) is 20.8 Å². The van der Waals surface area contributed by atoms with Crippen LogP contribution >= 0.6 is 0 Å². The van der Waals surface area contributed by atoms with E-state index in [0.29, 0.717) is 23.9 Å². The lowest BCUT2D eigenvalue weighted by molar-refractivity contribution is 0.276. The summed E-state index contributed by atoms with van der Waals surface area (Å²) in [5.74, 6) is 2.48. The molecular formula is C15H28N6. The first-order valence-corrected chi connectivity index (χ1v) is 8.11. The average Bonchev–Trinajstić information content (AvgIpc) is 2.92. The van der Waals surface area contributed by atoms with Crippen LogP contribution in [0.1, 0.15) is 52.3 Å². The molecule has 0 radical (unpaired) electrons. The molecule has 0 amide bonds. The molecule has 1 aliphatic rings. The fraction of sp³-hybridized carbons (Fsp3) is 0.800. The molecular weight excluding hydrogens is 264 g/mol. The summed E-state index contributed by atoms with van der Waals surface area (Å²) in [5.41, 5.74) is 0. The maximum Gasteiger partial charge on any atom is 0.227 e. The number of likely N-dealkylation sites (tertiary alicyclic amines) is 1. The van der Waals surface area contributed by atoms with Crippen LogP contribution in [0.4, 0.5) is 11.9 Å². The first-order chi connectivity index (χ1) is 10.1. The van der Waals surface area contributed by atoms with E-state index in [1.807, 2.05) is 6.92 Å². The highest BCUT2D eigenvalue weighted by atomic mass is 15.2. The lowest BCUT2D eigenvalue weighted by Gasteiger charge is -2.23. The minimum absolute atomic E-state index is 0.296. The van der Waals surface area contributed by atoms with Crippen molar-refractivity contribution in [2.75, 3.05) is 36.8 Å². The summed E-state index contributed by atoms with van der Waals surface area (Å²) >= 11 is 0. The van der Waals surface area contributed by atoms with Gasteiger partial charge in [0.1, 0.15) is 5.82 Å². The van der Waals surface area contributed by atoms with Crippen LogP contribution in [-0.4, -0.2) is 52.1 Å². The molecule has 6 nitrogen and oxygen atoms in total. The topological polar surface area (TPSA) is 66.0 Å². The Morgan fingerprint density at radius 2 is 1.86 bits per heavy atom. The maximum atomic E-state index is 4.54. The van der Waals surface area contributed by atoms with Crippen LogP contribution in [0, 0.1) is 0 Å². The van der Waals surface area contributed by atoms with Gasteiger partial charge in [-0.05, 0) is 32.9 Å². The van der Waals surface area contributed by atoms with Crippen molar-refractivity contribution in [3.63, 3.8) is 0 Å². The quantitative estimate of drug-likeness (QED) is 0.804. The Kier molecular flexibility index (Phi) is 5.73. The van der Waals surface area contributed by atoms with Gasteiger partial charge in [0, 0.05) is 25.0 Å². The Morgan fingerprint density at radius 3 is 2.48 bits per heavy atom. The number of nitrogens with zero attached hydrogens (tertiary/aromatic N) is 4. The predicted octanol–water partition coefficient (Wildman–Crippen LogP) is 2.32. The number of hydrogen-bond acceptors (Lipinski definition) is 6. The minimum Gasteiger partial charge on any atom is -0.354 e. The van der Waals surface area contributed by atoms with Gasteiger partial charge in [0.25, 0.3) is 0 Å². The molecule has 0 bridgehead atoms. The Hall–Kier alpha value is -1.43. The molecule has 0 saturated carbocycles. The summed E-state index contributed by atoms with van der Waals surface area (Å²) in [6.45, 7) is 12.5. The molecule has 1 aliphatic heterocycles.